The first-order valence-corrected chi connectivity index (χ1v) is 11.7. The van der Waals surface area contributed by atoms with E-state index in [1.54, 1.807) is 0 Å². The molecule has 0 spiro atoms. The molecular weight excluding hydrogens is 434 g/mol. The molecule has 1 fully saturated rings. The summed E-state index contributed by atoms with van der Waals surface area (Å²) in [6.45, 7) is 2.76. The van der Waals surface area contributed by atoms with Crippen molar-refractivity contribution in [2.24, 2.45) is 11.7 Å². The first-order chi connectivity index (χ1) is 16.4. The van der Waals surface area contributed by atoms with Crippen LogP contribution in [-0.4, -0.2) is 43.7 Å². The van der Waals surface area contributed by atoms with Gasteiger partial charge in [-0.1, -0.05) is 66.7 Å². The number of primary amides is 1. The van der Waals surface area contributed by atoms with Gasteiger partial charge in [0.2, 0.25) is 11.7 Å². The molecule has 2 unspecified atom stereocenters. The molecule has 6 heteroatoms. The number of halogens is 2. The summed E-state index contributed by atoms with van der Waals surface area (Å²) in [5.74, 6) is -2.25. The highest BCUT2D eigenvalue weighted by Gasteiger charge is 2.53. The maximum absolute atomic E-state index is 13.8. The number of hydrogen-bond donors (Lipinski definition) is 1. The van der Waals surface area contributed by atoms with Gasteiger partial charge in [0.1, 0.15) is 5.41 Å². The second-order valence-electron chi connectivity index (χ2n) is 9.39. The highest BCUT2D eigenvalue weighted by atomic mass is 19.2. The second-order valence-corrected chi connectivity index (χ2v) is 9.39. The van der Waals surface area contributed by atoms with Crippen molar-refractivity contribution in [3.8, 4) is 5.75 Å². The number of carbonyl (C=O) groups excluding carboxylic acids is 1. The summed E-state index contributed by atoms with van der Waals surface area (Å²) >= 11 is 0. The Bertz CT molecular complexity index is 1080. The van der Waals surface area contributed by atoms with E-state index in [0.29, 0.717) is 6.42 Å². The lowest BCUT2D eigenvalue weighted by Gasteiger charge is -2.38. The predicted molar refractivity (Wildman–Crippen MR) is 128 cm³/mol. The minimum absolute atomic E-state index is 0.0291. The van der Waals surface area contributed by atoms with E-state index < -0.39 is 17.0 Å². The summed E-state index contributed by atoms with van der Waals surface area (Å²) in [4.78, 5) is 13.2. The number of ether oxygens (including phenoxy) is 1. The Kier molecular flexibility index (Phi) is 6.98. The second kappa shape index (κ2) is 9.94. The Morgan fingerprint density at radius 1 is 1.00 bits per heavy atom. The van der Waals surface area contributed by atoms with Gasteiger partial charge in [0.25, 0.3) is 0 Å². The van der Waals surface area contributed by atoms with Gasteiger partial charge in [-0.2, -0.15) is 4.39 Å². The quantitative estimate of drug-likeness (QED) is 0.369. The highest BCUT2D eigenvalue weighted by Crippen LogP contribution is 2.45. The molecule has 0 aromatic heterocycles. The zero-order valence-corrected chi connectivity index (χ0v) is 19.4. The standard InChI is InChI=1S/C28H30F2N2O2/c1-32(17-9-19-34-25-15-8-14-24(29)26(25)30)18-16-23(20-32)28(27(31)33,21-10-4-2-5-11-21)22-12-6-3-7-13-22/h2-8,10-15,23H,9,16-20H2,1H3,(H-,31,33)/p+1. The van der Waals surface area contributed by atoms with Crippen LogP contribution in [0.5, 0.6) is 5.75 Å². The maximum atomic E-state index is 13.8. The number of benzene rings is 3. The van der Waals surface area contributed by atoms with Crippen LogP contribution in [-0.2, 0) is 10.2 Å². The van der Waals surface area contributed by atoms with Crippen molar-refractivity contribution in [1.29, 1.82) is 0 Å². The molecule has 4 nitrogen and oxygen atoms in total. The van der Waals surface area contributed by atoms with Gasteiger partial charge in [-0.05, 0) is 23.3 Å². The third-order valence-electron chi connectivity index (χ3n) is 7.15. The first-order valence-electron chi connectivity index (χ1n) is 11.7. The molecule has 3 aromatic rings. The van der Waals surface area contributed by atoms with Gasteiger partial charge in [0.15, 0.2) is 11.6 Å². The van der Waals surface area contributed by atoms with Gasteiger partial charge in [-0.15, -0.1) is 0 Å². The SMILES string of the molecule is C[N+]1(CCCOc2cccc(F)c2F)CCC(C(C(N)=O)(c2ccccc2)c2ccccc2)C1. The van der Waals surface area contributed by atoms with Gasteiger partial charge in [-0.25, -0.2) is 4.39 Å². The molecule has 1 heterocycles. The summed E-state index contributed by atoms with van der Waals surface area (Å²) in [5, 5.41) is 0. The summed E-state index contributed by atoms with van der Waals surface area (Å²) in [6, 6.07) is 23.6. The highest BCUT2D eigenvalue weighted by molar-refractivity contribution is 5.91. The van der Waals surface area contributed by atoms with Crippen LogP contribution >= 0.6 is 0 Å². The van der Waals surface area contributed by atoms with Gasteiger partial charge >= 0.3 is 0 Å². The van der Waals surface area contributed by atoms with E-state index in [4.69, 9.17) is 10.5 Å². The zero-order chi connectivity index (χ0) is 24.2. The van der Waals surface area contributed by atoms with Crippen LogP contribution in [0.3, 0.4) is 0 Å². The van der Waals surface area contributed by atoms with Crippen LogP contribution in [0.1, 0.15) is 24.0 Å². The number of hydrogen-bond acceptors (Lipinski definition) is 2. The predicted octanol–water partition coefficient (Wildman–Crippen LogP) is 4.67. The fraction of sp³-hybridized carbons (Fsp3) is 0.321. The lowest BCUT2D eigenvalue weighted by Crippen LogP contribution is -2.51. The van der Waals surface area contributed by atoms with Gasteiger partial charge in [0, 0.05) is 18.8 Å². The summed E-state index contributed by atoms with van der Waals surface area (Å²) in [6.07, 6.45) is 1.53. The fourth-order valence-corrected chi connectivity index (χ4v) is 5.49. The molecule has 0 aliphatic carbocycles. The smallest absolute Gasteiger partial charge is 0.233 e. The van der Waals surface area contributed by atoms with Crippen LogP contribution in [0.25, 0.3) is 0 Å². The molecule has 1 saturated heterocycles. The lowest BCUT2D eigenvalue weighted by molar-refractivity contribution is -0.899. The number of carbonyl (C=O) groups is 1. The van der Waals surface area contributed by atoms with E-state index in [-0.39, 0.29) is 24.2 Å². The molecule has 0 saturated carbocycles. The number of nitrogens with zero attached hydrogens (tertiary/aromatic N) is 1. The average molecular weight is 466 g/mol. The van der Waals surface area contributed by atoms with Crippen molar-refractivity contribution in [1.82, 2.24) is 0 Å². The Hall–Kier alpha value is -3.25. The Morgan fingerprint density at radius 2 is 1.62 bits per heavy atom. The largest absolute Gasteiger partial charge is 0.490 e. The fourth-order valence-electron chi connectivity index (χ4n) is 5.49. The monoisotopic (exact) mass is 465 g/mol. The summed E-state index contributed by atoms with van der Waals surface area (Å²) in [5.41, 5.74) is 7.10. The lowest BCUT2D eigenvalue weighted by atomic mass is 9.64. The molecule has 34 heavy (non-hydrogen) atoms. The molecule has 2 atom stereocenters. The molecule has 3 aromatic carbocycles. The number of rotatable bonds is 9. The third-order valence-corrected chi connectivity index (χ3v) is 7.15. The Labute approximate surface area is 199 Å². The molecular formula is C28H31F2N2O2+. The van der Waals surface area contributed by atoms with Crippen LogP contribution < -0.4 is 10.5 Å². The minimum atomic E-state index is -0.957. The van der Waals surface area contributed by atoms with Crippen LogP contribution in [0.4, 0.5) is 8.78 Å². The van der Waals surface area contributed by atoms with Gasteiger partial charge in [0.05, 0.1) is 33.3 Å². The normalized spacial score (nSPS) is 20.3. The Morgan fingerprint density at radius 3 is 2.21 bits per heavy atom. The van der Waals surface area contributed by atoms with E-state index in [1.165, 1.54) is 12.1 Å². The van der Waals surface area contributed by atoms with Gasteiger partial charge < -0.3 is 15.0 Å². The third kappa shape index (κ3) is 4.55. The topological polar surface area (TPSA) is 52.3 Å². The molecule has 1 aliphatic heterocycles. The van der Waals surface area contributed by atoms with E-state index in [2.05, 4.69) is 7.05 Å². The van der Waals surface area contributed by atoms with Crippen LogP contribution in [0, 0.1) is 17.6 Å². The van der Waals surface area contributed by atoms with Crippen molar-refractivity contribution >= 4 is 5.91 Å². The first kappa shape index (κ1) is 23.9. The summed E-state index contributed by atoms with van der Waals surface area (Å²) in [7, 11) is 2.17. The van der Waals surface area contributed by atoms with Crippen molar-refractivity contribution in [2.75, 3.05) is 33.3 Å². The molecule has 178 valence electrons. The molecule has 0 bridgehead atoms. The Balaban J connectivity index is 1.51. The average Bonchev–Trinajstić information content (AvgIpc) is 3.23. The minimum Gasteiger partial charge on any atom is -0.490 e. The summed E-state index contributed by atoms with van der Waals surface area (Å²) < 4.78 is 33.5. The van der Waals surface area contributed by atoms with Gasteiger partial charge in [-0.3, -0.25) is 4.79 Å². The molecule has 2 N–H and O–H groups in total. The molecule has 0 radical (unpaired) electrons. The number of quaternary nitrogens is 1. The maximum Gasteiger partial charge on any atom is 0.233 e. The van der Waals surface area contributed by atoms with Crippen molar-refractivity contribution in [2.45, 2.75) is 18.3 Å². The number of amides is 1. The van der Waals surface area contributed by atoms with Crippen LogP contribution in [0.2, 0.25) is 0 Å². The zero-order valence-electron chi connectivity index (χ0n) is 19.4. The van der Waals surface area contributed by atoms with Crippen molar-refractivity contribution in [3.05, 3.63) is 102 Å². The van der Waals surface area contributed by atoms with Crippen molar-refractivity contribution in [3.63, 3.8) is 0 Å². The van der Waals surface area contributed by atoms with E-state index in [1.807, 2.05) is 60.7 Å². The van der Waals surface area contributed by atoms with E-state index in [9.17, 15) is 13.6 Å². The number of likely N-dealkylation sites (tertiary alicyclic amines) is 1. The van der Waals surface area contributed by atoms with Crippen molar-refractivity contribution < 1.29 is 22.8 Å². The van der Waals surface area contributed by atoms with Crippen LogP contribution in [0.15, 0.2) is 78.9 Å². The molecule has 4 rings (SSSR count). The molecule has 1 aliphatic rings. The molecule has 1 amide bonds. The number of nitrogens with two attached hydrogens (primary N) is 1. The van der Waals surface area contributed by atoms with E-state index >= 15 is 0 Å². The van der Waals surface area contributed by atoms with E-state index in [0.717, 1.165) is 47.7 Å².